The molecule has 2 aliphatic carbocycles. The van der Waals surface area contributed by atoms with Gasteiger partial charge in [0.05, 0.1) is 0 Å². The zero-order chi connectivity index (χ0) is 34.0. The van der Waals surface area contributed by atoms with E-state index < -0.39 is 21.5 Å². The van der Waals surface area contributed by atoms with Crippen LogP contribution in [0.1, 0.15) is 61.4 Å². The number of aryl methyl sites for hydroxylation is 2. The van der Waals surface area contributed by atoms with Gasteiger partial charge in [-0.25, -0.2) is 0 Å². The van der Waals surface area contributed by atoms with Crippen molar-refractivity contribution in [2.24, 2.45) is 5.92 Å². The van der Waals surface area contributed by atoms with Crippen molar-refractivity contribution in [1.29, 1.82) is 0 Å². The van der Waals surface area contributed by atoms with Gasteiger partial charge in [0.2, 0.25) is 0 Å². The summed E-state index contributed by atoms with van der Waals surface area (Å²) >= 11 is -4.92. The van der Waals surface area contributed by atoms with Crippen LogP contribution in [0.5, 0.6) is 0 Å². The van der Waals surface area contributed by atoms with E-state index in [1.165, 1.54) is 77.9 Å². The Morgan fingerprint density at radius 2 is 1.17 bits per heavy atom. The van der Waals surface area contributed by atoms with Crippen molar-refractivity contribution in [3.63, 3.8) is 0 Å². The molecule has 0 aromatic heterocycles. The second-order valence-electron chi connectivity index (χ2n) is 14.9. The van der Waals surface area contributed by atoms with Gasteiger partial charge in [-0.3, -0.25) is 0 Å². The van der Waals surface area contributed by atoms with E-state index in [0.29, 0.717) is 5.92 Å². The van der Waals surface area contributed by atoms with E-state index >= 15 is 0 Å². The number of hydrogen-bond acceptors (Lipinski definition) is 0. The van der Waals surface area contributed by atoms with E-state index in [-0.39, 0.29) is 7.25 Å². The van der Waals surface area contributed by atoms with E-state index in [1.807, 2.05) is 0 Å². The molecule has 0 aliphatic heterocycles. The van der Waals surface area contributed by atoms with Crippen LogP contribution >= 0.6 is 17.0 Å². The first-order valence-corrected chi connectivity index (χ1v) is 33.7. The molecule has 2 atom stereocenters. The van der Waals surface area contributed by atoms with E-state index in [9.17, 15) is 0 Å². The van der Waals surface area contributed by atoms with Crippen molar-refractivity contribution >= 4 is 35.1 Å². The summed E-state index contributed by atoms with van der Waals surface area (Å²) < 4.78 is 0.0905. The number of rotatable bonds is 7. The fourth-order valence-corrected chi connectivity index (χ4v) is 40.9. The predicted molar refractivity (Wildman–Crippen MR) is 211 cm³/mol. The van der Waals surface area contributed by atoms with Crippen LogP contribution in [0.25, 0.3) is 45.5 Å². The molecule has 4 heteroatoms. The predicted octanol–water partition coefficient (Wildman–Crippen LogP) is 13.5. The van der Waals surface area contributed by atoms with E-state index in [4.69, 9.17) is 17.0 Å². The Morgan fingerprint density at radius 3 is 1.77 bits per heavy atom. The molecular formula is C44H45Cl2SiZr. The molecule has 243 valence electrons. The Kier molecular flexibility index (Phi) is 8.82. The number of hydrogen-bond donors (Lipinski definition) is 0. The fraction of sp³-hybridized carbons (Fsp3) is 0.227. The molecule has 0 heterocycles. The van der Waals surface area contributed by atoms with Crippen LogP contribution in [0.3, 0.4) is 0 Å². The van der Waals surface area contributed by atoms with Crippen molar-refractivity contribution in [2.75, 3.05) is 0 Å². The van der Waals surface area contributed by atoms with Crippen LogP contribution in [-0.2, 0) is 15.6 Å². The summed E-state index contributed by atoms with van der Waals surface area (Å²) in [6.45, 7) is 16.2. The molecule has 0 saturated carbocycles. The maximum atomic E-state index is 8.73. The van der Waals surface area contributed by atoms with Gasteiger partial charge in [0.15, 0.2) is 0 Å². The van der Waals surface area contributed by atoms with Gasteiger partial charge in [-0.2, -0.15) is 0 Å². The Balaban J connectivity index is 1.50. The summed E-state index contributed by atoms with van der Waals surface area (Å²) in [5.74, 6) is -1.36. The maximum absolute atomic E-state index is 8.73. The molecule has 48 heavy (non-hydrogen) atoms. The second-order valence-corrected chi connectivity index (χ2v) is 57.4. The Labute approximate surface area is 296 Å². The fourth-order valence-electron chi connectivity index (χ4n) is 8.77. The average Bonchev–Trinajstić information content (AvgIpc) is 3.64. The standard InChI is InChI=1S/C22H17.C20H21.C2H7Si.2ClH.Zr/c1-16-12-20-14-19(17-8-4-2-5-9-17)15-22(21(20)13-16)18-10-6-3-7-11-18;1-13(2)17-11-16-6-5-7-19(20(16)12-17)18-9-14(3)8-15(4)10-18;1-3-2;;;/h2-15H,1H3;5-13H,1-4H3;3H,1-2H3;2*1H;/q;;;;;+2/p-2. The third kappa shape index (κ3) is 5.43. The van der Waals surface area contributed by atoms with Gasteiger partial charge in [0, 0.05) is 0 Å². The number of allylic oxidation sites excluding steroid dienone is 2. The summed E-state index contributed by atoms with van der Waals surface area (Å²) in [4.78, 5) is 0. The monoisotopic (exact) mass is 761 g/mol. The summed E-state index contributed by atoms with van der Waals surface area (Å²) in [5.41, 5.74) is 18.1. The number of fused-ring (bicyclic) bond motifs is 2. The van der Waals surface area contributed by atoms with Crippen LogP contribution < -0.4 is 0 Å². The first-order valence-electron chi connectivity index (χ1n) is 17.4. The molecule has 0 radical (unpaired) electrons. The van der Waals surface area contributed by atoms with Crippen molar-refractivity contribution in [1.82, 2.24) is 0 Å². The molecule has 0 amide bonds. The minimum atomic E-state index is -4.92. The third-order valence-corrected chi connectivity index (χ3v) is 63.0. The third-order valence-electron chi connectivity index (χ3n) is 11.0. The summed E-state index contributed by atoms with van der Waals surface area (Å²) in [7, 11) is 17.5. The van der Waals surface area contributed by atoms with Crippen LogP contribution in [0.4, 0.5) is 0 Å². The molecular weight excluding hydrogens is 719 g/mol. The van der Waals surface area contributed by atoms with Gasteiger partial charge in [0.1, 0.15) is 0 Å². The minimum absolute atomic E-state index is 0.0329. The quantitative estimate of drug-likeness (QED) is 0.145. The van der Waals surface area contributed by atoms with Crippen molar-refractivity contribution in [2.45, 2.75) is 55.0 Å². The molecule has 5 aromatic carbocycles. The normalized spacial score (nSPS) is 17.9. The first-order chi connectivity index (χ1) is 22.9. The van der Waals surface area contributed by atoms with Gasteiger partial charge in [0.25, 0.3) is 0 Å². The molecule has 7 rings (SSSR count). The molecule has 0 spiro atoms. The zero-order valence-corrected chi connectivity index (χ0v) is 34.2. The van der Waals surface area contributed by atoms with E-state index in [2.05, 4.69) is 169 Å². The number of halogens is 2. The molecule has 5 aromatic rings. The van der Waals surface area contributed by atoms with Crippen molar-refractivity contribution in [3.8, 4) is 33.4 Å². The van der Waals surface area contributed by atoms with Gasteiger partial charge in [-0.05, 0) is 0 Å². The van der Waals surface area contributed by atoms with Crippen LogP contribution in [0.2, 0.25) is 13.1 Å². The Bertz CT molecular complexity index is 2090. The zero-order valence-electron chi connectivity index (χ0n) is 29.1. The van der Waals surface area contributed by atoms with Crippen molar-refractivity contribution < 1.29 is 15.6 Å². The number of benzene rings is 5. The topological polar surface area (TPSA) is 0 Å². The van der Waals surface area contributed by atoms with Gasteiger partial charge < -0.3 is 0 Å². The molecule has 0 N–H and O–H groups in total. The van der Waals surface area contributed by atoms with Crippen LogP contribution in [0, 0.1) is 19.8 Å². The molecule has 2 unspecified atom stereocenters. The summed E-state index contributed by atoms with van der Waals surface area (Å²) in [5, 5.41) is 0. The van der Waals surface area contributed by atoms with Crippen LogP contribution in [-0.4, -0.2) is 5.92 Å². The molecule has 0 saturated heterocycles. The summed E-state index contributed by atoms with van der Waals surface area (Å²) in [6.07, 6.45) is 4.91. The second kappa shape index (κ2) is 12.5. The first kappa shape index (κ1) is 33.7. The molecule has 0 fully saturated rings. The SMILES string of the molecule is CC1=Cc2c(-c3ccccc3)cc(-c3ccccc3)cc2[CH]1[Zr]([Cl])([Cl])([CH]1C(C(C)C)=Cc2c(-c3cc(C)cc(C)c3)cccc21)[SiH](C)C. The Morgan fingerprint density at radius 1 is 0.562 bits per heavy atom. The van der Waals surface area contributed by atoms with Gasteiger partial charge in [-0.1, -0.05) is 0 Å². The van der Waals surface area contributed by atoms with Crippen LogP contribution in [0.15, 0.2) is 120 Å². The van der Waals surface area contributed by atoms with Gasteiger partial charge in [-0.15, -0.1) is 0 Å². The summed E-state index contributed by atoms with van der Waals surface area (Å²) in [6, 6.07) is 40.2. The molecule has 2 aliphatic rings. The van der Waals surface area contributed by atoms with E-state index in [0.717, 1.165) is 0 Å². The Hall–Kier alpha value is -2.74. The molecule has 0 bridgehead atoms. The van der Waals surface area contributed by atoms with Gasteiger partial charge >= 0.3 is 299 Å². The molecule has 0 nitrogen and oxygen atoms in total. The average molecular weight is 764 g/mol. The van der Waals surface area contributed by atoms with E-state index in [1.54, 1.807) is 0 Å². The van der Waals surface area contributed by atoms with Crippen molar-refractivity contribution in [3.05, 3.63) is 154 Å².